The Hall–Kier alpha value is -3.07. The summed E-state index contributed by atoms with van der Waals surface area (Å²) in [4.78, 5) is 26.4. The Labute approximate surface area is 201 Å². The van der Waals surface area contributed by atoms with E-state index in [1.54, 1.807) is 24.3 Å². The number of nitrogens with one attached hydrogen (secondary N) is 1. The number of carbonyl (C=O) groups is 2. The largest absolute Gasteiger partial charge is 0.506 e. The number of alkyl halides is 1. The fourth-order valence-corrected chi connectivity index (χ4v) is 4.27. The van der Waals surface area contributed by atoms with Gasteiger partial charge in [-0.1, -0.05) is 23.7 Å². The average Bonchev–Trinajstić information content (AvgIpc) is 3.19. The van der Waals surface area contributed by atoms with Crippen molar-refractivity contribution in [3.8, 4) is 5.75 Å². The number of piperidine rings is 1. The Kier molecular flexibility index (Phi) is 7.41. The van der Waals surface area contributed by atoms with Gasteiger partial charge in [-0.2, -0.15) is 0 Å². The summed E-state index contributed by atoms with van der Waals surface area (Å²) in [5.74, 6) is -1.66. The number of hydrogen-bond donors (Lipinski definition) is 2. The average molecular weight is 494 g/mol. The van der Waals surface area contributed by atoms with E-state index in [0.29, 0.717) is 17.7 Å². The van der Waals surface area contributed by atoms with E-state index in [0.717, 1.165) is 37.1 Å². The normalized spacial score (nSPS) is 19.5. The van der Waals surface area contributed by atoms with Crippen LogP contribution in [0, 0.1) is 5.82 Å². The van der Waals surface area contributed by atoms with Crippen molar-refractivity contribution in [1.29, 1.82) is 0 Å². The molecule has 2 N–H and O–H groups in total. The lowest BCUT2D eigenvalue weighted by Gasteiger charge is -2.36. The first-order valence-corrected chi connectivity index (χ1v) is 11.6. The maximum atomic E-state index is 14.2. The fraction of sp³-hybridized carbons (Fsp3) is 0.417. The second kappa shape index (κ2) is 10.5. The van der Waals surface area contributed by atoms with Crippen LogP contribution in [0.1, 0.15) is 35.2 Å². The molecule has 0 bridgehead atoms. The molecule has 1 atom stereocenters. The van der Waals surface area contributed by atoms with Gasteiger partial charge in [0.2, 0.25) is 0 Å². The van der Waals surface area contributed by atoms with Gasteiger partial charge in [0.25, 0.3) is 5.91 Å². The van der Waals surface area contributed by atoms with E-state index in [2.05, 4.69) is 5.32 Å². The molecule has 0 aliphatic carbocycles. The van der Waals surface area contributed by atoms with Crippen LogP contribution in [0.4, 0.5) is 19.3 Å². The van der Waals surface area contributed by atoms with Crippen LogP contribution in [0.25, 0.3) is 0 Å². The lowest BCUT2D eigenvalue weighted by molar-refractivity contribution is 0.0946. The third kappa shape index (κ3) is 5.52. The van der Waals surface area contributed by atoms with Gasteiger partial charge >= 0.3 is 6.09 Å². The van der Waals surface area contributed by atoms with Crippen LogP contribution in [0.5, 0.6) is 5.75 Å². The molecule has 5 rings (SSSR count). The van der Waals surface area contributed by atoms with Gasteiger partial charge in [-0.05, 0) is 43.0 Å². The van der Waals surface area contributed by atoms with E-state index in [4.69, 9.17) is 16.3 Å². The summed E-state index contributed by atoms with van der Waals surface area (Å²) in [6, 6.07) is 9.39. The molecule has 3 aliphatic heterocycles. The van der Waals surface area contributed by atoms with Crippen molar-refractivity contribution in [2.45, 2.75) is 38.0 Å². The maximum Gasteiger partial charge on any atom is 0.410 e. The predicted octanol–water partition coefficient (Wildman–Crippen LogP) is 4.26. The van der Waals surface area contributed by atoms with Crippen molar-refractivity contribution in [3.63, 3.8) is 0 Å². The number of halogens is 3. The summed E-state index contributed by atoms with van der Waals surface area (Å²) in [6.07, 6.45) is 2.44. The molecule has 3 fully saturated rings. The van der Waals surface area contributed by atoms with Gasteiger partial charge in [0.05, 0.1) is 30.4 Å². The molecule has 3 aliphatic rings. The van der Waals surface area contributed by atoms with E-state index in [1.165, 1.54) is 11.3 Å². The molecule has 0 saturated carbocycles. The van der Waals surface area contributed by atoms with Gasteiger partial charge in [0.1, 0.15) is 24.3 Å². The summed E-state index contributed by atoms with van der Waals surface area (Å²) in [5, 5.41) is 13.1. The molecule has 34 heavy (non-hydrogen) atoms. The number of nitrogens with zero attached hydrogens (tertiary/aromatic N) is 2. The molecule has 1 unspecified atom stereocenters. The molecule has 182 valence electrons. The molecule has 2 amide bonds. The van der Waals surface area contributed by atoms with Gasteiger partial charge in [0, 0.05) is 24.2 Å². The van der Waals surface area contributed by atoms with Crippen molar-refractivity contribution in [2.24, 2.45) is 0 Å². The van der Waals surface area contributed by atoms with Crippen molar-refractivity contribution in [1.82, 2.24) is 10.2 Å². The Morgan fingerprint density at radius 1 is 1.21 bits per heavy atom. The Bertz CT molecular complexity index is 1050. The first kappa shape index (κ1) is 24.1. The number of rotatable bonds is 4. The summed E-state index contributed by atoms with van der Waals surface area (Å²) >= 11 is 5.78. The Morgan fingerprint density at radius 3 is 2.62 bits per heavy atom. The van der Waals surface area contributed by atoms with E-state index in [9.17, 15) is 23.5 Å². The quantitative estimate of drug-likeness (QED) is 0.665. The molecule has 7 nitrogen and oxygen atoms in total. The number of anilines is 1. The number of cyclic esters (lactones) is 1. The molecular weight excluding hydrogens is 468 g/mol. The van der Waals surface area contributed by atoms with E-state index in [1.807, 2.05) is 4.90 Å². The lowest BCUT2D eigenvalue weighted by atomic mass is 10.0. The molecule has 0 radical (unpaired) electrons. The maximum absolute atomic E-state index is 14.2. The second-order valence-corrected chi connectivity index (χ2v) is 8.99. The summed E-state index contributed by atoms with van der Waals surface area (Å²) in [5.41, 5.74) is 0.738. The van der Waals surface area contributed by atoms with Crippen molar-refractivity contribution in [2.75, 3.05) is 31.1 Å². The number of carbonyl (C=O) groups excluding carboxylic acids is 2. The predicted molar refractivity (Wildman–Crippen MR) is 123 cm³/mol. The standard InChI is InChI=1S/C17H15ClF2N2O2.C7H11NO2/c18-11-3-1-10(2-4-11)7-21-17(24)13-5-16(23)15(6-14(13)20)22-8-12(19)9-22;9-7-8-4-2-1-3-6(8)5-10-7/h1-6,12,23H,7-9H2,(H,21,24);6H,1-5H2. The lowest BCUT2D eigenvalue weighted by Crippen LogP contribution is -2.48. The molecular formula is C24H26ClF2N3O4. The minimum atomic E-state index is -0.977. The Morgan fingerprint density at radius 2 is 1.94 bits per heavy atom. The summed E-state index contributed by atoms with van der Waals surface area (Å²) < 4.78 is 31.9. The van der Waals surface area contributed by atoms with Gasteiger partial charge in [-0.3, -0.25) is 4.79 Å². The summed E-state index contributed by atoms with van der Waals surface area (Å²) in [6.45, 7) is 1.94. The van der Waals surface area contributed by atoms with Crippen molar-refractivity contribution < 1.29 is 28.2 Å². The van der Waals surface area contributed by atoms with Crippen LogP contribution < -0.4 is 10.2 Å². The molecule has 3 saturated heterocycles. The molecule has 0 aromatic heterocycles. The minimum absolute atomic E-state index is 0.106. The Balaban J connectivity index is 0.000000226. The van der Waals surface area contributed by atoms with Gasteiger partial charge in [-0.15, -0.1) is 0 Å². The van der Waals surface area contributed by atoms with Gasteiger partial charge in [0.15, 0.2) is 0 Å². The van der Waals surface area contributed by atoms with E-state index < -0.39 is 17.9 Å². The molecule has 2 aromatic carbocycles. The smallest absolute Gasteiger partial charge is 0.410 e. The zero-order chi connectivity index (χ0) is 24.2. The number of fused-ring (bicyclic) bond motifs is 1. The highest BCUT2D eigenvalue weighted by atomic mass is 35.5. The van der Waals surface area contributed by atoms with Crippen LogP contribution in [0.2, 0.25) is 5.02 Å². The highest BCUT2D eigenvalue weighted by molar-refractivity contribution is 6.30. The zero-order valence-electron chi connectivity index (χ0n) is 18.5. The van der Waals surface area contributed by atoms with Gasteiger partial charge in [-0.25, -0.2) is 13.6 Å². The highest BCUT2D eigenvalue weighted by Gasteiger charge is 2.34. The van der Waals surface area contributed by atoms with E-state index >= 15 is 0 Å². The fourth-order valence-electron chi connectivity index (χ4n) is 4.14. The van der Waals surface area contributed by atoms with Crippen LogP contribution in [0.3, 0.4) is 0 Å². The molecule has 3 heterocycles. The SMILES string of the molecule is O=C(NCc1ccc(Cl)cc1)c1cc(O)c(N2CC(F)C2)cc1F.O=C1OCC2CCCCN12. The number of aromatic hydroxyl groups is 1. The number of hydrogen-bond acceptors (Lipinski definition) is 5. The van der Waals surface area contributed by atoms with Crippen LogP contribution in [-0.4, -0.2) is 60.5 Å². The van der Waals surface area contributed by atoms with E-state index in [-0.39, 0.29) is 42.7 Å². The molecule has 0 spiro atoms. The minimum Gasteiger partial charge on any atom is -0.506 e. The topological polar surface area (TPSA) is 82.1 Å². The second-order valence-electron chi connectivity index (χ2n) is 8.55. The first-order valence-electron chi connectivity index (χ1n) is 11.2. The first-order chi connectivity index (χ1) is 16.3. The van der Waals surface area contributed by atoms with Gasteiger partial charge < -0.3 is 25.0 Å². The third-order valence-electron chi connectivity index (χ3n) is 6.11. The molecule has 2 aromatic rings. The summed E-state index contributed by atoms with van der Waals surface area (Å²) in [7, 11) is 0. The van der Waals surface area contributed by atoms with Crippen LogP contribution in [-0.2, 0) is 11.3 Å². The number of benzene rings is 2. The monoisotopic (exact) mass is 493 g/mol. The number of ether oxygens (including phenoxy) is 1. The van der Waals surface area contributed by atoms with Crippen molar-refractivity contribution >= 4 is 29.3 Å². The number of amides is 2. The third-order valence-corrected chi connectivity index (χ3v) is 6.37. The molecule has 10 heteroatoms. The van der Waals surface area contributed by atoms with Crippen LogP contribution >= 0.6 is 11.6 Å². The van der Waals surface area contributed by atoms with Crippen LogP contribution in [0.15, 0.2) is 36.4 Å². The number of phenolic OH excluding ortho intramolecular Hbond substituents is 1. The highest BCUT2D eigenvalue weighted by Crippen LogP contribution is 2.33. The number of phenols is 1. The van der Waals surface area contributed by atoms with Crippen molar-refractivity contribution in [3.05, 3.63) is 58.4 Å². The zero-order valence-corrected chi connectivity index (χ0v) is 19.2.